The van der Waals surface area contributed by atoms with Gasteiger partial charge in [-0.15, -0.1) is 12.4 Å². The molecule has 0 spiro atoms. The lowest BCUT2D eigenvalue weighted by molar-refractivity contribution is -0.125. The molecule has 0 bridgehead atoms. The van der Waals surface area contributed by atoms with E-state index < -0.39 is 0 Å². The van der Waals surface area contributed by atoms with Crippen molar-refractivity contribution in [2.24, 2.45) is 11.7 Å². The summed E-state index contributed by atoms with van der Waals surface area (Å²) in [6, 6.07) is 6.46. The van der Waals surface area contributed by atoms with E-state index in [1.807, 2.05) is 6.92 Å². The molecule has 102 valence electrons. The van der Waals surface area contributed by atoms with Gasteiger partial charge in [-0.3, -0.25) is 4.79 Å². The van der Waals surface area contributed by atoms with Crippen molar-refractivity contribution in [3.8, 4) is 0 Å². The van der Waals surface area contributed by atoms with Crippen LogP contribution >= 0.6 is 12.4 Å². The van der Waals surface area contributed by atoms with Gasteiger partial charge in [0, 0.05) is 18.5 Å². The molecule has 1 aromatic rings. The van der Waals surface area contributed by atoms with E-state index in [1.165, 1.54) is 6.07 Å². The molecule has 0 saturated heterocycles. The van der Waals surface area contributed by atoms with Gasteiger partial charge in [0.25, 0.3) is 0 Å². The molecule has 1 aromatic carbocycles. The van der Waals surface area contributed by atoms with Gasteiger partial charge in [0.1, 0.15) is 5.82 Å². The molecule has 0 aliphatic heterocycles. The number of carbonyl (C=O) groups is 1. The normalized spacial score (nSPS) is 13.3. The van der Waals surface area contributed by atoms with Crippen molar-refractivity contribution in [2.45, 2.75) is 26.3 Å². The Bertz CT molecular complexity index is 387. The van der Waals surface area contributed by atoms with Crippen LogP contribution in [0.25, 0.3) is 0 Å². The number of hydrogen-bond donors (Lipinski definition) is 2. The number of nitrogens with two attached hydrogens (primary N) is 1. The number of rotatable bonds is 5. The van der Waals surface area contributed by atoms with Gasteiger partial charge in [-0.2, -0.15) is 0 Å². The molecule has 3 nitrogen and oxygen atoms in total. The van der Waals surface area contributed by atoms with Crippen LogP contribution in [-0.2, 0) is 11.2 Å². The van der Waals surface area contributed by atoms with Gasteiger partial charge in [-0.1, -0.05) is 25.1 Å². The van der Waals surface area contributed by atoms with Crippen LogP contribution in [0.3, 0.4) is 0 Å². The molecule has 1 amide bonds. The van der Waals surface area contributed by atoms with Crippen molar-refractivity contribution in [3.63, 3.8) is 0 Å². The number of halogens is 2. The Balaban J connectivity index is 0.00000289. The molecule has 5 heteroatoms. The largest absolute Gasteiger partial charge is 0.352 e. The van der Waals surface area contributed by atoms with Gasteiger partial charge in [-0.25, -0.2) is 4.39 Å². The zero-order valence-corrected chi connectivity index (χ0v) is 11.5. The van der Waals surface area contributed by atoms with Crippen molar-refractivity contribution in [2.75, 3.05) is 6.54 Å². The first-order valence-corrected chi connectivity index (χ1v) is 5.78. The average Bonchev–Trinajstić information content (AvgIpc) is 2.31. The maximum atomic E-state index is 13.4. The second-order valence-corrected chi connectivity index (χ2v) is 4.34. The van der Waals surface area contributed by atoms with Crippen molar-refractivity contribution >= 4 is 18.3 Å². The van der Waals surface area contributed by atoms with Gasteiger partial charge < -0.3 is 11.1 Å². The maximum Gasteiger partial charge on any atom is 0.223 e. The predicted octanol–water partition coefficient (Wildman–Crippen LogP) is 1.89. The van der Waals surface area contributed by atoms with Crippen LogP contribution < -0.4 is 11.1 Å². The second-order valence-electron chi connectivity index (χ2n) is 4.34. The highest BCUT2D eigenvalue weighted by atomic mass is 35.5. The third kappa shape index (κ3) is 5.02. The van der Waals surface area contributed by atoms with E-state index in [0.29, 0.717) is 18.5 Å². The molecule has 1 rings (SSSR count). The summed E-state index contributed by atoms with van der Waals surface area (Å²) in [5, 5.41) is 2.78. The highest BCUT2D eigenvalue weighted by Crippen LogP contribution is 2.12. The summed E-state index contributed by atoms with van der Waals surface area (Å²) in [5.74, 6) is -0.619. The van der Waals surface area contributed by atoms with E-state index in [1.54, 1.807) is 25.1 Å². The van der Waals surface area contributed by atoms with Crippen molar-refractivity contribution < 1.29 is 9.18 Å². The van der Waals surface area contributed by atoms with Crippen LogP contribution in [0, 0.1) is 11.7 Å². The SMILES string of the molecule is CC(Cc1ccccc1F)C(=O)N[C@@H](C)CN.Cl. The highest BCUT2D eigenvalue weighted by Gasteiger charge is 2.16. The molecule has 0 aliphatic rings. The van der Waals surface area contributed by atoms with Crippen LogP contribution in [0.5, 0.6) is 0 Å². The van der Waals surface area contributed by atoms with Gasteiger partial charge >= 0.3 is 0 Å². The summed E-state index contributed by atoms with van der Waals surface area (Å²) >= 11 is 0. The lowest BCUT2D eigenvalue weighted by Crippen LogP contribution is -2.41. The summed E-state index contributed by atoms with van der Waals surface area (Å²) in [5.41, 5.74) is 5.99. The van der Waals surface area contributed by atoms with E-state index in [4.69, 9.17) is 5.73 Å². The van der Waals surface area contributed by atoms with Crippen LogP contribution in [0.2, 0.25) is 0 Å². The summed E-state index contributed by atoms with van der Waals surface area (Å²) < 4.78 is 13.4. The van der Waals surface area contributed by atoms with Gasteiger partial charge in [-0.05, 0) is 25.0 Å². The Hall–Kier alpha value is -1.13. The van der Waals surface area contributed by atoms with E-state index in [9.17, 15) is 9.18 Å². The van der Waals surface area contributed by atoms with Gasteiger partial charge in [0.15, 0.2) is 0 Å². The molecule has 0 heterocycles. The Morgan fingerprint density at radius 3 is 2.56 bits per heavy atom. The Labute approximate surface area is 113 Å². The number of amides is 1. The molecule has 0 radical (unpaired) electrons. The van der Waals surface area contributed by atoms with Crippen LogP contribution in [0.1, 0.15) is 19.4 Å². The number of carbonyl (C=O) groups excluding carboxylic acids is 1. The fourth-order valence-electron chi connectivity index (χ4n) is 1.53. The molecular formula is C13H20ClFN2O. The molecule has 0 aromatic heterocycles. The van der Waals surface area contributed by atoms with Crippen LogP contribution in [-0.4, -0.2) is 18.5 Å². The lowest BCUT2D eigenvalue weighted by atomic mass is 9.99. The van der Waals surface area contributed by atoms with Crippen molar-refractivity contribution in [1.82, 2.24) is 5.32 Å². The number of hydrogen-bond acceptors (Lipinski definition) is 2. The quantitative estimate of drug-likeness (QED) is 0.862. The summed E-state index contributed by atoms with van der Waals surface area (Å²) in [6.07, 6.45) is 0.399. The molecule has 2 atom stereocenters. The third-order valence-corrected chi connectivity index (χ3v) is 2.67. The van der Waals surface area contributed by atoms with Crippen molar-refractivity contribution in [3.05, 3.63) is 35.6 Å². The molecular weight excluding hydrogens is 255 g/mol. The average molecular weight is 275 g/mol. The fourth-order valence-corrected chi connectivity index (χ4v) is 1.53. The topological polar surface area (TPSA) is 55.1 Å². The standard InChI is InChI=1S/C13H19FN2O.ClH/c1-9(13(17)16-10(2)8-15)7-11-5-3-4-6-12(11)14;/h3-6,9-10H,7-8,15H2,1-2H3,(H,16,17);1H/t9?,10-;/m0./s1. The summed E-state index contributed by atoms with van der Waals surface area (Å²) in [6.45, 7) is 4.02. The molecule has 0 fully saturated rings. The molecule has 3 N–H and O–H groups in total. The summed E-state index contributed by atoms with van der Waals surface area (Å²) in [7, 11) is 0. The van der Waals surface area contributed by atoms with Crippen molar-refractivity contribution in [1.29, 1.82) is 0 Å². The van der Waals surface area contributed by atoms with Crippen LogP contribution in [0.15, 0.2) is 24.3 Å². The van der Waals surface area contributed by atoms with E-state index in [0.717, 1.165) is 0 Å². The molecule has 18 heavy (non-hydrogen) atoms. The zero-order valence-electron chi connectivity index (χ0n) is 10.7. The highest BCUT2D eigenvalue weighted by molar-refractivity contribution is 5.85. The zero-order chi connectivity index (χ0) is 12.8. The monoisotopic (exact) mass is 274 g/mol. The predicted molar refractivity (Wildman–Crippen MR) is 73.2 cm³/mol. The van der Waals surface area contributed by atoms with Gasteiger partial charge in [0.2, 0.25) is 5.91 Å². The minimum Gasteiger partial charge on any atom is -0.352 e. The molecule has 0 aliphatic carbocycles. The van der Waals surface area contributed by atoms with Gasteiger partial charge in [0.05, 0.1) is 0 Å². The smallest absolute Gasteiger partial charge is 0.223 e. The fraction of sp³-hybridized carbons (Fsp3) is 0.462. The second kappa shape index (κ2) is 8.06. The first-order valence-electron chi connectivity index (χ1n) is 5.78. The maximum absolute atomic E-state index is 13.4. The van der Waals surface area contributed by atoms with E-state index in [-0.39, 0.29) is 36.1 Å². The summed E-state index contributed by atoms with van der Waals surface area (Å²) in [4.78, 5) is 11.7. The van der Waals surface area contributed by atoms with E-state index in [2.05, 4.69) is 5.32 Å². The third-order valence-electron chi connectivity index (χ3n) is 2.67. The molecule has 0 saturated carbocycles. The number of nitrogens with one attached hydrogen (secondary N) is 1. The number of benzene rings is 1. The minimum atomic E-state index is -0.265. The first kappa shape index (κ1) is 16.9. The van der Waals surface area contributed by atoms with E-state index >= 15 is 0 Å². The minimum absolute atomic E-state index is 0. The Morgan fingerprint density at radius 2 is 2.00 bits per heavy atom. The Morgan fingerprint density at radius 1 is 1.39 bits per heavy atom. The Kier molecular flexibility index (Phi) is 7.55. The van der Waals surface area contributed by atoms with Crippen LogP contribution in [0.4, 0.5) is 4.39 Å². The first-order chi connectivity index (χ1) is 8.04. The lowest BCUT2D eigenvalue weighted by Gasteiger charge is -2.16. The molecule has 1 unspecified atom stereocenters.